The van der Waals surface area contributed by atoms with Crippen LogP contribution in [0.1, 0.15) is 102 Å². The minimum Gasteiger partial charge on any atom is -0.350 e. The van der Waals surface area contributed by atoms with E-state index < -0.39 is 0 Å². The number of carbonyl (C=O) groups excluding carboxylic acids is 2. The summed E-state index contributed by atoms with van der Waals surface area (Å²) in [7, 11) is 1.98. The van der Waals surface area contributed by atoms with Crippen molar-refractivity contribution in [3.63, 3.8) is 0 Å². The molecule has 0 spiro atoms. The van der Waals surface area contributed by atoms with E-state index in [1.807, 2.05) is 42.1 Å². The Morgan fingerprint density at radius 1 is 0.750 bits per heavy atom. The van der Waals surface area contributed by atoms with Crippen LogP contribution in [-0.2, 0) is 16.6 Å². The second-order valence-corrected chi connectivity index (χ2v) is 9.30. The normalized spacial score (nSPS) is 14.1. The fourth-order valence-corrected chi connectivity index (χ4v) is 4.88. The molecule has 4 nitrogen and oxygen atoms in total. The van der Waals surface area contributed by atoms with Gasteiger partial charge < -0.3 is 4.57 Å². The van der Waals surface area contributed by atoms with Gasteiger partial charge in [0.1, 0.15) is 0 Å². The summed E-state index contributed by atoms with van der Waals surface area (Å²) in [6.45, 7) is 2.27. The SMILES string of the molecule is CCCCCCCCCCCCCCCC1=C(c2cn(C)c3ccccc23)C(=O)NC1=O. The maximum Gasteiger partial charge on any atom is 0.259 e. The van der Waals surface area contributed by atoms with Crippen LogP contribution < -0.4 is 5.32 Å². The number of hydrogen-bond donors (Lipinski definition) is 1. The molecule has 1 aromatic heterocycles. The molecule has 0 fully saturated rings. The minimum atomic E-state index is -0.254. The lowest BCUT2D eigenvalue weighted by molar-refractivity contribution is -0.123. The van der Waals surface area contributed by atoms with Gasteiger partial charge in [-0.2, -0.15) is 0 Å². The molecule has 0 radical (unpaired) electrons. The molecule has 3 rings (SSSR count). The van der Waals surface area contributed by atoms with Gasteiger partial charge >= 0.3 is 0 Å². The first kappa shape index (κ1) is 24.3. The van der Waals surface area contributed by atoms with Gasteiger partial charge in [-0.05, 0) is 18.9 Å². The molecule has 0 saturated carbocycles. The molecule has 174 valence electrons. The van der Waals surface area contributed by atoms with E-state index in [0.29, 0.717) is 17.6 Å². The van der Waals surface area contributed by atoms with Crippen molar-refractivity contribution in [3.8, 4) is 0 Å². The molecule has 0 aliphatic carbocycles. The van der Waals surface area contributed by atoms with Gasteiger partial charge in [-0.15, -0.1) is 0 Å². The average molecular weight is 437 g/mol. The van der Waals surface area contributed by atoms with Gasteiger partial charge in [0.2, 0.25) is 0 Å². The molecular formula is C28H40N2O2. The van der Waals surface area contributed by atoms with E-state index >= 15 is 0 Å². The molecule has 32 heavy (non-hydrogen) atoms. The maximum absolute atomic E-state index is 12.6. The van der Waals surface area contributed by atoms with E-state index in [4.69, 9.17) is 0 Å². The zero-order valence-electron chi connectivity index (χ0n) is 20.0. The molecule has 1 N–H and O–H groups in total. The summed E-state index contributed by atoms with van der Waals surface area (Å²) >= 11 is 0. The first-order chi connectivity index (χ1) is 15.6. The highest BCUT2D eigenvalue weighted by Gasteiger charge is 2.32. The topological polar surface area (TPSA) is 51.1 Å². The fraction of sp³-hybridized carbons (Fsp3) is 0.571. The molecular weight excluding hydrogens is 396 g/mol. The number of imide groups is 1. The highest BCUT2D eigenvalue weighted by molar-refractivity contribution is 6.37. The fourth-order valence-electron chi connectivity index (χ4n) is 4.88. The molecule has 0 unspecified atom stereocenters. The molecule has 0 saturated heterocycles. The van der Waals surface area contributed by atoms with E-state index in [0.717, 1.165) is 29.3 Å². The van der Waals surface area contributed by atoms with E-state index in [1.54, 1.807) is 0 Å². The standard InChI is InChI=1S/C28H40N2O2/c1-3-4-5-6-7-8-9-10-11-12-13-14-15-19-23-26(28(32)29-27(23)31)24-21-30(2)25-20-17-16-18-22(24)25/h16-18,20-21H,3-15,19H2,1-2H3,(H,29,31,32). The van der Waals surface area contributed by atoms with Crippen LogP contribution in [0, 0.1) is 0 Å². The second-order valence-electron chi connectivity index (χ2n) is 9.30. The lowest BCUT2D eigenvalue weighted by atomic mass is 9.96. The third-order valence-electron chi connectivity index (χ3n) is 6.73. The average Bonchev–Trinajstić information content (AvgIpc) is 3.26. The molecule has 2 heterocycles. The highest BCUT2D eigenvalue weighted by atomic mass is 16.2. The van der Waals surface area contributed by atoms with Crippen molar-refractivity contribution in [3.05, 3.63) is 41.6 Å². The number of nitrogens with zero attached hydrogens (tertiary/aromatic N) is 1. The lowest BCUT2D eigenvalue weighted by Crippen LogP contribution is -2.23. The Kier molecular flexibility index (Phi) is 9.58. The Hall–Kier alpha value is -2.36. The van der Waals surface area contributed by atoms with Crippen LogP contribution in [0.3, 0.4) is 0 Å². The predicted molar refractivity (Wildman–Crippen MR) is 133 cm³/mol. The number of aromatic nitrogens is 1. The van der Waals surface area contributed by atoms with Gasteiger partial charge in [0.25, 0.3) is 11.8 Å². The Balaban J connectivity index is 1.42. The van der Waals surface area contributed by atoms with Crippen molar-refractivity contribution in [2.24, 2.45) is 7.05 Å². The number of amides is 2. The third-order valence-corrected chi connectivity index (χ3v) is 6.73. The van der Waals surface area contributed by atoms with E-state index in [1.165, 1.54) is 70.6 Å². The number of nitrogens with one attached hydrogen (secondary N) is 1. The Morgan fingerprint density at radius 3 is 1.94 bits per heavy atom. The molecule has 0 bridgehead atoms. The van der Waals surface area contributed by atoms with Crippen molar-refractivity contribution in [2.75, 3.05) is 0 Å². The van der Waals surface area contributed by atoms with Gasteiger partial charge in [0.15, 0.2) is 0 Å². The smallest absolute Gasteiger partial charge is 0.259 e. The number of unbranched alkanes of at least 4 members (excludes halogenated alkanes) is 12. The zero-order chi connectivity index (χ0) is 22.8. The van der Waals surface area contributed by atoms with Crippen molar-refractivity contribution in [1.29, 1.82) is 0 Å². The number of para-hydroxylation sites is 1. The van der Waals surface area contributed by atoms with Crippen molar-refractivity contribution >= 4 is 28.3 Å². The van der Waals surface area contributed by atoms with Crippen LogP contribution in [0.5, 0.6) is 0 Å². The summed E-state index contributed by atoms with van der Waals surface area (Å²) < 4.78 is 2.02. The highest BCUT2D eigenvalue weighted by Crippen LogP contribution is 2.33. The van der Waals surface area contributed by atoms with Crippen molar-refractivity contribution < 1.29 is 9.59 Å². The van der Waals surface area contributed by atoms with E-state index in [-0.39, 0.29) is 11.8 Å². The summed E-state index contributed by atoms with van der Waals surface area (Å²) in [6, 6.07) is 8.04. The molecule has 1 aliphatic rings. The van der Waals surface area contributed by atoms with Crippen LogP contribution in [-0.4, -0.2) is 16.4 Å². The van der Waals surface area contributed by atoms with Crippen molar-refractivity contribution in [2.45, 2.75) is 96.8 Å². The minimum absolute atomic E-state index is 0.211. The van der Waals surface area contributed by atoms with E-state index in [9.17, 15) is 9.59 Å². The first-order valence-electron chi connectivity index (χ1n) is 12.8. The summed E-state index contributed by atoms with van der Waals surface area (Å²) in [6.07, 6.45) is 19.5. The van der Waals surface area contributed by atoms with E-state index in [2.05, 4.69) is 12.2 Å². The monoisotopic (exact) mass is 436 g/mol. The summed E-state index contributed by atoms with van der Waals surface area (Å²) in [4.78, 5) is 25.0. The summed E-state index contributed by atoms with van der Waals surface area (Å²) in [5.41, 5.74) is 3.18. The number of fused-ring (bicyclic) bond motifs is 1. The Bertz CT molecular complexity index is 938. The summed E-state index contributed by atoms with van der Waals surface area (Å²) in [5, 5.41) is 3.55. The zero-order valence-corrected chi connectivity index (χ0v) is 20.0. The Morgan fingerprint density at radius 2 is 1.31 bits per heavy atom. The van der Waals surface area contributed by atoms with Crippen LogP contribution in [0.15, 0.2) is 36.0 Å². The second kappa shape index (κ2) is 12.6. The third kappa shape index (κ3) is 6.34. The van der Waals surface area contributed by atoms with Crippen LogP contribution >= 0.6 is 0 Å². The number of aryl methyl sites for hydroxylation is 1. The molecule has 2 aromatic rings. The van der Waals surface area contributed by atoms with Gasteiger partial charge in [-0.3, -0.25) is 14.9 Å². The Labute approximate surface area is 193 Å². The number of benzene rings is 1. The van der Waals surface area contributed by atoms with Gasteiger partial charge in [0.05, 0.1) is 5.57 Å². The molecule has 2 amide bonds. The van der Waals surface area contributed by atoms with Gasteiger partial charge in [0, 0.05) is 35.3 Å². The first-order valence-corrected chi connectivity index (χ1v) is 12.8. The molecule has 4 heteroatoms. The van der Waals surface area contributed by atoms with Crippen molar-refractivity contribution in [1.82, 2.24) is 9.88 Å². The molecule has 1 aliphatic heterocycles. The molecule has 1 aromatic carbocycles. The predicted octanol–water partition coefficient (Wildman–Crippen LogP) is 7.07. The number of hydrogen-bond acceptors (Lipinski definition) is 2. The van der Waals surface area contributed by atoms with Crippen LogP contribution in [0.25, 0.3) is 16.5 Å². The quantitative estimate of drug-likeness (QED) is 0.240. The lowest BCUT2D eigenvalue weighted by Gasteiger charge is -2.05. The largest absolute Gasteiger partial charge is 0.350 e. The summed E-state index contributed by atoms with van der Waals surface area (Å²) in [5.74, 6) is -0.465. The van der Waals surface area contributed by atoms with Crippen LogP contribution in [0.4, 0.5) is 0 Å². The van der Waals surface area contributed by atoms with Crippen LogP contribution in [0.2, 0.25) is 0 Å². The van der Waals surface area contributed by atoms with Gasteiger partial charge in [-0.1, -0.05) is 102 Å². The number of carbonyl (C=O) groups is 2. The molecule has 0 atom stereocenters. The maximum atomic E-state index is 12.6. The number of rotatable bonds is 15. The van der Waals surface area contributed by atoms with Gasteiger partial charge in [-0.25, -0.2) is 0 Å².